The number of aromatic nitrogens is 2. The number of ether oxygens (including phenoxy) is 1. The quantitative estimate of drug-likeness (QED) is 0.288. The van der Waals surface area contributed by atoms with Gasteiger partial charge in [-0.2, -0.15) is 18.3 Å². The number of nitrogens with zero attached hydrogens (tertiary/aromatic N) is 3. The van der Waals surface area contributed by atoms with E-state index in [2.05, 4.69) is 40.4 Å². The first-order valence-corrected chi connectivity index (χ1v) is 14.2. The summed E-state index contributed by atoms with van der Waals surface area (Å²) >= 11 is 6.09. The highest BCUT2D eigenvalue weighted by molar-refractivity contribution is 6.30. The van der Waals surface area contributed by atoms with Crippen molar-refractivity contribution >= 4 is 40.5 Å². The average molecular weight is 589 g/mol. The summed E-state index contributed by atoms with van der Waals surface area (Å²) in [5.41, 5.74) is 4.18. The van der Waals surface area contributed by atoms with Gasteiger partial charge >= 0.3 is 18.1 Å². The molecule has 2 aromatic carbocycles. The molecule has 0 unspecified atom stereocenters. The Bertz CT molecular complexity index is 1410. The van der Waals surface area contributed by atoms with Crippen LogP contribution in [-0.2, 0) is 20.9 Å². The molecule has 0 saturated carbocycles. The van der Waals surface area contributed by atoms with E-state index >= 15 is 0 Å². The second-order valence-electron chi connectivity index (χ2n) is 10.7. The van der Waals surface area contributed by atoms with Crippen LogP contribution in [0.4, 0.5) is 13.2 Å². The molecular weight excluding hydrogens is 557 g/mol. The highest BCUT2D eigenvalue weighted by atomic mass is 35.5. The lowest BCUT2D eigenvalue weighted by Gasteiger charge is -2.30. The van der Waals surface area contributed by atoms with Gasteiger partial charge in [0.15, 0.2) is 0 Å². The molecule has 5 rings (SSSR count). The van der Waals surface area contributed by atoms with Crippen molar-refractivity contribution in [3.8, 4) is 0 Å². The summed E-state index contributed by atoms with van der Waals surface area (Å²) in [5, 5.41) is 10.2. The standard InChI is InChI=1S/C30H32ClF3N4O3/c31-24-6-3-22(4-7-24)18-38-26-17-21(2-1-20-9-13-35-14-10-20)5-8-25(26)28(36-38)23-11-15-37(16-12-23)19-27(39)41-29(40)30(32,33)34/h1-8,17,20,23,35H,9-16,18-19H2. The van der Waals surface area contributed by atoms with Crippen molar-refractivity contribution in [3.05, 3.63) is 70.4 Å². The zero-order valence-electron chi connectivity index (χ0n) is 22.5. The highest BCUT2D eigenvalue weighted by Crippen LogP contribution is 2.34. The van der Waals surface area contributed by atoms with Crippen molar-refractivity contribution in [2.75, 3.05) is 32.7 Å². The third-order valence-corrected chi connectivity index (χ3v) is 8.01. The second kappa shape index (κ2) is 12.8. The predicted molar refractivity (Wildman–Crippen MR) is 150 cm³/mol. The number of nitrogens with one attached hydrogen (secondary N) is 1. The topological polar surface area (TPSA) is 76.5 Å². The second-order valence-corrected chi connectivity index (χ2v) is 11.1. The summed E-state index contributed by atoms with van der Waals surface area (Å²) in [6, 6.07) is 14.1. The Kier molecular flexibility index (Phi) is 9.11. The minimum atomic E-state index is -5.20. The van der Waals surface area contributed by atoms with E-state index in [9.17, 15) is 22.8 Å². The van der Waals surface area contributed by atoms with Crippen molar-refractivity contribution in [1.29, 1.82) is 0 Å². The molecule has 11 heteroatoms. The molecule has 2 aliphatic heterocycles. The summed E-state index contributed by atoms with van der Waals surface area (Å²) in [5.74, 6) is -3.01. The van der Waals surface area contributed by atoms with E-state index in [0.29, 0.717) is 43.4 Å². The van der Waals surface area contributed by atoms with Gasteiger partial charge in [0.05, 0.1) is 24.3 Å². The Morgan fingerprint density at radius 3 is 2.44 bits per heavy atom. The van der Waals surface area contributed by atoms with Crippen LogP contribution in [0.5, 0.6) is 0 Å². The molecule has 2 aliphatic rings. The molecule has 2 saturated heterocycles. The number of hydrogen-bond donors (Lipinski definition) is 1. The van der Waals surface area contributed by atoms with E-state index in [4.69, 9.17) is 16.7 Å². The van der Waals surface area contributed by atoms with Crippen molar-refractivity contribution in [3.63, 3.8) is 0 Å². The van der Waals surface area contributed by atoms with E-state index in [1.165, 1.54) is 0 Å². The summed E-state index contributed by atoms with van der Waals surface area (Å²) in [7, 11) is 0. The Morgan fingerprint density at radius 2 is 1.76 bits per heavy atom. The third-order valence-electron chi connectivity index (χ3n) is 7.76. The number of fused-ring (bicyclic) bond motifs is 1. The Hall–Kier alpha value is -3.21. The van der Waals surface area contributed by atoms with Gasteiger partial charge in [0.1, 0.15) is 0 Å². The van der Waals surface area contributed by atoms with E-state index < -0.39 is 18.1 Å². The maximum absolute atomic E-state index is 12.4. The van der Waals surface area contributed by atoms with Gasteiger partial charge in [0.25, 0.3) is 0 Å². The normalized spacial score (nSPS) is 17.9. The third kappa shape index (κ3) is 7.55. The Labute approximate surface area is 241 Å². The number of alkyl halides is 3. The fourth-order valence-corrected chi connectivity index (χ4v) is 5.66. The molecule has 2 fully saturated rings. The number of allylic oxidation sites excluding steroid dienone is 1. The van der Waals surface area contributed by atoms with Crippen molar-refractivity contribution < 1.29 is 27.5 Å². The number of esters is 2. The molecule has 41 heavy (non-hydrogen) atoms. The first-order chi connectivity index (χ1) is 19.7. The van der Waals surface area contributed by atoms with Gasteiger partial charge in [0, 0.05) is 16.3 Å². The molecule has 218 valence electrons. The molecule has 0 atom stereocenters. The molecule has 0 radical (unpaired) electrons. The summed E-state index contributed by atoms with van der Waals surface area (Å²) < 4.78 is 43.2. The van der Waals surface area contributed by atoms with Crippen molar-refractivity contribution in [2.45, 2.75) is 44.3 Å². The number of piperidine rings is 2. The van der Waals surface area contributed by atoms with Gasteiger partial charge in [-0.05, 0) is 87.1 Å². The van der Waals surface area contributed by atoms with Crippen LogP contribution in [0.15, 0.2) is 48.5 Å². The van der Waals surface area contributed by atoms with Crippen LogP contribution in [0.3, 0.4) is 0 Å². The maximum atomic E-state index is 12.4. The SMILES string of the molecule is O=C(CN1CCC(c2nn(Cc3ccc(Cl)cc3)c3cc(C=CC4CCNCC4)ccc23)CC1)OC(=O)C(F)(F)F. The fourth-order valence-electron chi connectivity index (χ4n) is 5.53. The number of halogens is 4. The van der Waals surface area contributed by atoms with E-state index in [0.717, 1.165) is 53.7 Å². The molecule has 0 amide bonds. The maximum Gasteiger partial charge on any atom is 0.491 e. The van der Waals surface area contributed by atoms with Gasteiger partial charge in [-0.25, -0.2) is 4.79 Å². The predicted octanol–water partition coefficient (Wildman–Crippen LogP) is 5.56. The average Bonchev–Trinajstić information content (AvgIpc) is 3.31. The highest BCUT2D eigenvalue weighted by Gasteiger charge is 2.42. The van der Waals surface area contributed by atoms with Crippen LogP contribution >= 0.6 is 11.6 Å². The van der Waals surface area contributed by atoms with Crippen molar-refractivity contribution in [1.82, 2.24) is 20.0 Å². The Morgan fingerprint density at radius 1 is 1.05 bits per heavy atom. The van der Waals surface area contributed by atoms with E-state index in [1.54, 1.807) is 4.90 Å². The van der Waals surface area contributed by atoms with Crippen LogP contribution in [-0.4, -0.2) is 65.5 Å². The van der Waals surface area contributed by atoms with Gasteiger partial charge in [-0.1, -0.05) is 48.0 Å². The molecular formula is C30H32ClF3N4O3. The molecule has 3 aromatic rings. The number of carbonyl (C=O) groups is 2. The lowest BCUT2D eigenvalue weighted by atomic mass is 9.91. The van der Waals surface area contributed by atoms with Crippen molar-refractivity contribution in [2.24, 2.45) is 5.92 Å². The molecule has 1 N–H and O–H groups in total. The Balaban J connectivity index is 1.32. The smallest absolute Gasteiger partial charge is 0.385 e. The number of benzene rings is 2. The molecule has 0 aliphatic carbocycles. The molecule has 3 heterocycles. The number of likely N-dealkylation sites (tertiary alicyclic amines) is 1. The molecule has 1 aromatic heterocycles. The minimum Gasteiger partial charge on any atom is -0.385 e. The molecule has 0 spiro atoms. The lowest BCUT2D eigenvalue weighted by Crippen LogP contribution is -2.39. The van der Waals surface area contributed by atoms with E-state index in [1.807, 2.05) is 28.9 Å². The molecule has 7 nitrogen and oxygen atoms in total. The van der Waals surface area contributed by atoms with Crippen LogP contribution in [0, 0.1) is 5.92 Å². The zero-order valence-corrected chi connectivity index (χ0v) is 23.3. The first kappa shape index (κ1) is 29.3. The number of rotatable bonds is 7. The van der Waals surface area contributed by atoms with Gasteiger partial charge in [0.2, 0.25) is 0 Å². The van der Waals surface area contributed by atoms with Gasteiger partial charge in [-0.3, -0.25) is 14.4 Å². The van der Waals surface area contributed by atoms with Gasteiger partial charge < -0.3 is 10.1 Å². The fraction of sp³-hybridized carbons (Fsp3) is 0.433. The molecule has 0 bridgehead atoms. The van der Waals surface area contributed by atoms with Gasteiger partial charge in [-0.15, -0.1) is 0 Å². The summed E-state index contributed by atoms with van der Waals surface area (Å²) in [6.45, 7) is 3.24. The van der Waals surface area contributed by atoms with Crippen LogP contribution in [0.25, 0.3) is 17.0 Å². The van der Waals surface area contributed by atoms with Crippen LogP contribution < -0.4 is 5.32 Å². The lowest BCUT2D eigenvalue weighted by molar-refractivity contribution is -0.202. The van der Waals surface area contributed by atoms with E-state index in [-0.39, 0.29) is 12.5 Å². The summed E-state index contributed by atoms with van der Waals surface area (Å²) in [6.07, 6.45) is 2.90. The summed E-state index contributed by atoms with van der Waals surface area (Å²) in [4.78, 5) is 24.5. The largest absolute Gasteiger partial charge is 0.491 e. The zero-order chi connectivity index (χ0) is 29.0. The monoisotopic (exact) mass is 588 g/mol. The van der Waals surface area contributed by atoms with Crippen LogP contribution in [0.2, 0.25) is 5.02 Å². The number of carbonyl (C=O) groups excluding carboxylic acids is 2. The number of hydrogen-bond acceptors (Lipinski definition) is 6. The van der Waals surface area contributed by atoms with Crippen LogP contribution in [0.1, 0.15) is 48.4 Å². The minimum absolute atomic E-state index is 0.115. The first-order valence-electron chi connectivity index (χ1n) is 13.8.